The lowest BCUT2D eigenvalue weighted by atomic mass is 10.1. The predicted octanol–water partition coefficient (Wildman–Crippen LogP) is 3.75. The molecule has 1 atom stereocenters. The van der Waals surface area contributed by atoms with Crippen molar-refractivity contribution in [3.8, 4) is 5.75 Å². The molecule has 0 aliphatic rings. The molecule has 2 N–H and O–H groups in total. The summed E-state index contributed by atoms with van der Waals surface area (Å²) in [4.78, 5) is 0. The van der Waals surface area contributed by atoms with Crippen LogP contribution in [-0.4, -0.2) is 12.6 Å². The average Bonchev–Trinajstić information content (AvgIpc) is 2.46. The first-order valence-electron chi connectivity index (χ1n) is 6.88. The molecule has 2 aromatic carbocycles. The van der Waals surface area contributed by atoms with Gasteiger partial charge < -0.3 is 10.5 Å². The first kappa shape index (κ1) is 15.4. The number of hydrogen-bond acceptors (Lipinski definition) is 2. The Morgan fingerprint density at radius 1 is 1.10 bits per heavy atom. The fourth-order valence-electron chi connectivity index (χ4n) is 2.07. The summed E-state index contributed by atoms with van der Waals surface area (Å²) in [5.41, 5.74) is 6.67. The van der Waals surface area contributed by atoms with Gasteiger partial charge in [0.15, 0.2) is 6.61 Å². The maximum absolute atomic E-state index is 14.0. The molecule has 0 fully saturated rings. The Bertz CT molecular complexity index is 570. The van der Waals surface area contributed by atoms with Gasteiger partial charge in [-0.1, -0.05) is 42.5 Å². The Hall–Kier alpha value is -1.94. The van der Waals surface area contributed by atoms with Gasteiger partial charge in [-0.15, -0.1) is 0 Å². The van der Waals surface area contributed by atoms with E-state index < -0.39 is 12.5 Å². The van der Waals surface area contributed by atoms with Crippen molar-refractivity contribution in [1.29, 1.82) is 0 Å². The fourth-order valence-corrected chi connectivity index (χ4v) is 2.07. The Balaban J connectivity index is 2.02. The molecule has 0 unspecified atom stereocenters. The van der Waals surface area contributed by atoms with Crippen molar-refractivity contribution < 1.29 is 13.5 Å². The maximum Gasteiger partial charge on any atom is 0.306 e. The van der Waals surface area contributed by atoms with Crippen molar-refractivity contribution in [2.75, 3.05) is 6.61 Å². The van der Waals surface area contributed by atoms with E-state index in [-0.39, 0.29) is 11.6 Å². The van der Waals surface area contributed by atoms with E-state index in [0.29, 0.717) is 12.2 Å². The highest BCUT2D eigenvalue weighted by Gasteiger charge is 2.32. The van der Waals surface area contributed by atoms with Gasteiger partial charge in [-0.25, -0.2) is 0 Å². The quantitative estimate of drug-likeness (QED) is 0.879. The molecule has 0 bridgehead atoms. The normalized spacial score (nSPS) is 13.0. The van der Waals surface area contributed by atoms with E-state index in [1.54, 1.807) is 36.4 Å². The third-order valence-corrected chi connectivity index (χ3v) is 3.07. The fraction of sp³-hybridized carbons (Fsp3) is 0.294. The van der Waals surface area contributed by atoms with E-state index in [1.807, 2.05) is 13.0 Å². The number of halogens is 2. The van der Waals surface area contributed by atoms with E-state index in [1.165, 1.54) is 12.1 Å². The average molecular weight is 291 g/mol. The zero-order valence-electron chi connectivity index (χ0n) is 11.9. The van der Waals surface area contributed by atoms with Crippen LogP contribution in [0.15, 0.2) is 54.6 Å². The second kappa shape index (κ2) is 6.68. The Kier molecular flexibility index (Phi) is 4.91. The lowest BCUT2D eigenvalue weighted by Gasteiger charge is -2.18. The summed E-state index contributed by atoms with van der Waals surface area (Å²) in [5, 5.41) is 0. The molecule has 21 heavy (non-hydrogen) atoms. The SMILES string of the molecule is C[C@H](N)Cc1cccc(OCC(F)(F)c2ccccc2)c1. The molecule has 2 aromatic rings. The Morgan fingerprint density at radius 3 is 2.48 bits per heavy atom. The van der Waals surface area contributed by atoms with Crippen LogP contribution in [0.4, 0.5) is 8.78 Å². The van der Waals surface area contributed by atoms with Gasteiger partial charge >= 0.3 is 5.92 Å². The molecule has 112 valence electrons. The summed E-state index contributed by atoms with van der Waals surface area (Å²) in [6.45, 7) is 1.22. The van der Waals surface area contributed by atoms with Crippen molar-refractivity contribution in [3.63, 3.8) is 0 Å². The van der Waals surface area contributed by atoms with Gasteiger partial charge in [0, 0.05) is 11.6 Å². The standard InChI is InChI=1S/C17H19F2NO/c1-13(20)10-14-6-5-9-16(11-14)21-12-17(18,19)15-7-3-2-4-8-15/h2-9,11,13H,10,12,20H2,1H3/t13-/m0/s1. The highest BCUT2D eigenvalue weighted by atomic mass is 19.3. The van der Waals surface area contributed by atoms with E-state index in [0.717, 1.165) is 5.56 Å². The molecule has 0 spiro atoms. The van der Waals surface area contributed by atoms with E-state index in [4.69, 9.17) is 10.5 Å². The van der Waals surface area contributed by atoms with Crippen LogP contribution >= 0.6 is 0 Å². The second-order valence-corrected chi connectivity index (χ2v) is 5.19. The van der Waals surface area contributed by atoms with Crippen LogP contribution in [0.25, 0.3) is 0 Å². The number of ether oxygens (including phenoxy) is 1. The second-order valence-electron chi connectivity index (χ2n) is 5.19. The predicted molar refractivity (Wildman–Crippen MR) is 79.6 cm³/mol. The molecule has 4 heteroatoms. The highest BCUT2D eigenvalue weighted by Crippen LogP contribution is 2.28. The Morgan fingerprint density at radius 2 is 1.81 bits per heavy atom. The van der Waals surface area contributed by atoms with Gasteiger partial charge in [0.1, 0.15) is 5.75 Å². The lowest BCUT2D eigenvalue weighted by molar-refractivity contribution is -0.0467. The van der Waals surface area contributed by atoms with Gasteiger partial charge in [-0.2, -0.15) is 8.78 Å². The molecule has 0 radical (unpaired) electrons. The van der Waals surface area contributed by atoms with Crippen LogP contribution in [0.3, 0.4) is 0 Å². The topological polar surface area (TPSA) is 35.2 Å². The summed E-state index contributed by atoms with van der Waals surface area (Å²) >= 11 is 0. The van der Waals surface area contributed by atoms with Crippen molar-refractivity contribution in [3.05, 3.63) is 65.7 Å². The minimum atomic E-state index is -3.02. The van der Waals surface area contributed by atoms with Crippen LogP contribution in [-0.2, 0) is 12.3 Å². The van der Waals surface area contributed by atoms with E-state index >= 15 is 0 Å². The van der Waals surface area contributed by atoms with Gasteiger partial charge in [0.05, 0.1) is 0 Å². The maximum atomic E-state index is 14.0. The minimum Gasteiger partial charge on any atom is -0.487 e. The highest BCUT2D eigenvalue weighted by molar-refractivity contribution is 5.29. The van der Waals surface area contributed by atoms with Gasteiger partial charge in [-0.05, 0) is 31.0 Å². The van der Waals surface area contributed by atoms with Gasteiger partial charge in [0.25, 0.3) is 0 Å². The zero-order chi connectivity index (χ0) is 15.3. The first-order chi connectivity index (χ1) is 9.97. The van der Waals surface area contributed by atoms with E-state index in [9.17, 15) is 8.78 Å². The molecule has 0 saturated heterocycles. The summed E-state index contributed by atoms with van der Waals surface area (Å²) in [5.74, 6) is -2.58. The minimum absolute atomic E-state index is 0.0195. The van der Waals surface area contributed by atoms with Crippen molar-refractivity contribution in [2.45, 2.75) is 25.3 Å². The molecule has 0 aliphatic carbocycles. The van der Waals surface area contributed by atoms with E-state index in [2.05, 4.69) is 0 Å². The van der Waals surface area contributed by atoms with Crippen LogP contribution in [0.5, 0.6) is 5.75 Å². The summed E-state index contributed by atoms with van der Waals surface area (Å²) < 4.78 is 33.3. The molecule has 2 rings (SSSR count). The largest absolute Gasteiger partial charge is 0.487 e. The van der Waals surface area contributed by atoms with Gasteiger partial charge in [-0.3, -0.25) is 0 Å². The summed E-state index contributed by atoms with van der Waals surface area (Å²) in [6.07, 6.45) is 0.687. The summed E-state index contributed by atoms with van der Waals surface area (Å²) in [6, 6.07) is 14.8. The monoisotopic (exact) mass is 291 g/mol. The molecule has 0 aliphatic heterocycles. The molecular weight excluding hydrogens is 272 g/mol. The molecular formula is C17H19F2NO. The van der Waals surface area contributed by atoms with Crippen LogP contribution in [0.1, 0.15) is 18.1 Å². The number of rotatable bonds is 6. The van der Waals surface area contributed by atoms with Crippen LogP contribution in [0.2, 0.25) is 0 Å². The number of hydrogen-bond donors (Lipinski definition) is 1. The first-order valence-corrected chi connectivity index (χ1v) is 6.88. The third-order valence-electron chi connectivity index (χ3n) is 3.07. The van der Waals surface area contributed by atoms with Gasteiger partial charge in [0.2, 0.25) is 0 Å². The Labute approximate surface area is 123 Å². The van der Waals surface area contributed by atoms with Crippen molar-refractivity contribution in [2.24, 2.45) is 5.73 Å². The molecule has 2 nitrogen and oxygen atoms in total. The molecule has 0 saturated carbocycles. The molecule has 0 aromatic heterocycles. The number of alkyl halides is 2. The smallest absolute Gasteiger partial charge is 0.306 e. The molecule has 0 amide bonds. The number of benzene rings is 2. The molecule has 0 heterocycles. The summed E-state index contributed by atoms with van der Waals surface area (Å²) in [7, 11) is 0. The van der Waals surface area contributed by atoms with Crippen LogP contribution < -0.4 is 10.5 Å². The van der Waals surface area contributed by atoms with Crippen molar-refractivity contribution >= 4 is 0 Å². The lowest BCUT2D eigenvalue weighted by Crippen LogP contribution is -2.23. The zero-order valence-corrected chi connectivity index (χ0v) is 11.9. The van der Waals surface area contributed by atoms with Crippen molar-refractivity contribution in [1.82, 2.24) is 0 Å². The van der Waals surface area contributed by atoms with Crippen LogP contribution in [0, 0.1) is 0 Å². The third kappa shape index (κ3) is 4.53. The number of nitrogens with two attached hydrogens (primary N) is 1.